The van der Waals surface area contributed by atoms with E-state index < -0.39 is 0 Å². The van der Waals surface area contributed by atoms with Crippen molar-refractivity contribution in [3.05, 3.63) is 0 Å². The third-order valence-corrected chi connectivity index (χ3v) is 3.83. The van der Waals surface area contributed by atoms with Gasteiger partial charge in [0, 0.05) is 25.7 Å². The van der Waals surface area contributed by atoms with Gasteiger partial charge in [0.25, 0.3) is 0 Å². The first-order chi connectivity index (χ1) is 8.11. The lowest BCUT2D eigenvalue weighted by molar-refractivity contribution is -0.105. The van der Waals surface area contributed by atoms with Gasteiger partial charge < -0.3 is 19.9 Å². The van der Waals surface area contributed by atoms with Crippen LogP contribution in [0.4, 0.5) is 0 Å². The molecule has 3 atom stereocenters. The van der Waals surface area contributed by atoms with E-state index in [1.165, 1.54) is 0 Å². The molecule has 4 nitrogen and oxygen atoms in total. The lowest BCUT2D eigenvalue weighted by atomic mass is 9.81. The molecule has 100 valence electrons. The normalized spacial score (nSPS) is 35.6. The molecule has 2 rings (SSSR count). The summed E-state index contributed by atoms with van der Waals surface area (Å²) in [5.74, 6) is 0.504. The molecule has 2 fully saturated rings. The Morgan fingerprint density at radius 3 is 2.88 bits per heavy atom. The van der Waals surface area contributed by atoms with Crippen LogP contribution in [0, 0.1) is 5.92 Å². The van der Waals surface area contributed by atoms with Gasteiger partial charge in [-0.25, -0.2) is 0 Å². The van der Waals surface area contributed by atoms with Crippen LogP contribution in [0.1, 0.15) is 33.1 Å². The van der Waals surface area contributed by atoms with Gasteiger partial charge in [-0.1, -0.05) is 0 Å². The van der Waals surface area contributed by atoms with Crippen LogP contribution >= 0.6 is 0 Å². The number of rotatable bonds is 4. The number of nitrogens with two attached hydrogens (primary N) is 1. The molecule has 4 heteroatoms. The Hall–Kier alpha value is -0.160. The van der Waals surface area contributed by atoms with E-state index in [1.807, 2.05) is 13.8 Å². The quantitative estimate of drug-likeness (QED) is 0.809. The molecule has 2 heterocycles. The van der Waals surface area contributed by atoms with E-state index in [0.29, 0.717) is 12.5 Å². The fourth-order valence-corrected chi connectivity index (χ4v) is 2.73. The first-order valence-corrected chi connectivity index (χ1v) is 6.70. The molecular formula is C13H25NO3. The zero-order valence-corrected chi connectivity index (χ0v) is 11.0. The molecule has 0 amide bonds. The average molecular weight is 243 g/mol. The first-order valence-electron chi connectivity index (χ1n) is 6.70. The molecule has 2 N–H and O–H groups in total. The second kappa shape index (κ2) is 5.65. The lowest BCUT2D eigenvalue weighted by Crippen LogP contribution is -2.47. The molecule has 1 spiro atoms. The highest BCUT2D eigenvalue weighted by atomic mass is 16.6. The summed E-state index contributed by atoms with van der Waals surface area (Å²) in [5, 5.41) is 0. The molecule has 0 radical (unpaired) electrons. The molecule has 2 aliphatic rings. The molecule has 3 unspecified atom stereocenters. The number of ether oxygens (including phenoxy) is 3. The highest BCUT2D eigenvalue weighted by Crippen LogP contribution is 2.36. The second-order valence-electron chi connectivity index (χ2n) is 5.63. The van der Waals surface area contributed by atoms with Crippen LogP contribution in [0.25, 0.3) is 0 Å². The molecule has 0 saturated carbocycles. The number of hydrogen-bond acceptors (Lipinski definition) is 4. The van der Waals surface area contributed by atoms with Gasteiger partial charge in [-0.05, 0) is 32.6 Å². The Balaban J connectivity index is 1.84. The van der Waals surface area contributed by atoms with Crippen molar-refractivity contribution in [3.8, 4) is 0 Å². The Kier molecular flexibility index (Phi) is 4.42. The van der Waals surface area contributed by atoms with E-state index in [9.17, 15) is 0 Å². The van der Waals surface area contributed by atoms with Gasteiger partial charge in [0.05, 0.1) is 24.9 Å². The minimum Gasteiger partial charge on any atom is -0.378 e. The number of hydrogen-bond donors (Lipinski definition) is 1. The van der Waals surface area contributed by atoms with Gasteiger partial charge in [-0.2, -0.15) is 0 Å². The van der Waals surface area contributed by atoms with Crippen LogP contribution in [0.2, 0.25) is 0 Å². The van der Waals surface area contributed by atoms with Crippen LogP contribution in [0.3, 0.4) is 0 Å². The van der Waals surface area contributed by atoms with Gasteiger partial charge in [0.15, 0.2) is 0 Å². The summed E-state index contributed by atoms with van der Waals surface area (Å²) in [7, 11) is 0. The second-order valence-corrected chi connectivity index (χ2v) is 5.63. The summed E-state index contributed by atoms with van der Waals surface area (Å²) in [6.07, 6.45) is 3.34. The average Bonchev–Trinajstić information content (AvgIpc) is 2.74. The fourth-order valence-electron chi connectivity index (χ4n) is 2.73. The summed E-state index contributed by atoms with van der Waals surface area (Å²) in [5.41, 5.74) is 6.18. The topological polar surface area (TPSA) is 53.7 Å². The molecule has 0 aromatic carbocycles. The van der Waals surface area contributed by atoms with E-state index >= 15 is 0 Å². The van der Waals surface area contributed by atoms with Crippen molar-refractivity contribution in [1.29, 1.82) is 0 Å². The van der Waals surface area contributed by atoms with Crippen molar-refractivity contribution >= 4 is 0 Å². The predicted octanol–water partition coefficient (Wildman–Crippen LogP) is 1.32. The maximum Gasteiger partial charge on any atom is 0.0939 e. The van der Waals surface area contributed by atoms with Crippen molar-refractivity contribution in [2.24, 2.45) is 11.7 Å². The highest BCUT2D eigenvalue weighted by Gasteiger charge is 2.42. The van der Waals surface area contributed by atoms with E-state index in [4.69, 9.17) is 19.9 Å². The van der Waals surface area contributed by atoms with Crippen LogP contribution < -0.4 is 5.73 Å². The van der Waals surface area contributed by atoms with E-state index in [0.717, 1.165) is 39.1 Å². The Bertz CT molecular complexity index is 239. The minimum absolute atomic E-state index is 0.0433. The van der Waals surface area contributed by atoms with Crippen LogP contribution in [-0.4, -0.2) is 44.2 Å². The summed E-state index contributed by atoms with van der Waals surface area (Å²) in [6, 6.07) is 0.124. The molecule has 0 aliphatic carbocycles. The Morgan fingerprint density at radius 2 is 2.24 bits per heavy atom. The van der Waals surface area contributed by atoms with Crippen LogP contribution in [0.15, 0.2) is 0 Å². The Labute approximate surface area is 104 Å². The maximum atomic E-state index is 6.23. The standard InChI is InChI=1S/C13H25NO3/c1-10(2)16-8-12(14)11-3-5-17-13(7-11)4-6-15-9-13/h10-12H,3-9,14H2,1-2H3. The summed E-state index contributed by atoms with van der Waals surface area (Å²) in [4.78, 5) is 0. The van der Waals surface area contributed by atoms with Gasteiger partial charge in [0.2, 0.25) is 0 Å². The largest absolute Gasteiger partial charge is 0.378 e. The highest BCUT2D eigenvalue weighted by molar-refractivity contribution is 4.93. The third kappa shape index (κ3) is 3.41. The molecule has 17 heavy (non-hydrogen) atoms. The predicted molar refractivity (Wildman–Crippen MR) is 65.9 cm³/mol. The molecule has 0 aromatic heterocycles. The molecule has 0 bridgehead atoms. The van der Waals surface area contributed by atoms with Crippen molar-refractivity contribution in [1.82, 2.24) is 0 Å². The van der Waals surface area contributed by atoms with Gasteiger partial charge >= 0.3 is 0 Å². The Morgan fingerprint density at radius 1 is 1.41 bits per heavy atom. The van der Waals surface area contributed by atoms with Gasteiger partial charge in [-0.15, -0.1) is 0 Å². The van der Waals surface area contributed by atoms with E-state index in [-0.39, 0.29) is 17.7 Å². The van der Waals surface area contributed by atoms with Crippen LogP contribution in [-0.2, 0) is 14.2 Å². The first kappa shape index (κ1) is 13.3. The zero-order valence-electron chi connectivity index (χ0n) is 11.0. The smallest absolute Gasteiger partial charge is 0.0939 e. The minimum atomic E-state index is -0.0433. The van der Waals surface area contributed by atoms with E-state index in [1.54, 1.807) is 0 Å². The molecule has 2 aliphatic heterocycles. The summed E-state index contributed by atoms with van der Waals surface area (Å²) < 4.78 is 17.0. The molecule has 2 saturated heterocycles. The molecule has 0 aromatic rings. The fraction of sp³-hybridized carbons (Fsp3) is 1.00. The molecular weight excluding hydrogens is 218 g/mol. The summed E-state index contributed by atoms with van der Waals surface area (Å²) in [6.45, 7) is 7.11. The van der Waals surface area contributed by atoms with Crippen molar-refractivity contribution in [3.63, 3.8) is 0 Å². The SMILES string of the molecule is CC(C)OCC(N)C1CCOC2(CCOC2)C1. The summed E-state index contributed by atoms with van der Waals surface area (Å²) >= 11 is 0. The monoisotopic (exact) mass is 243 g/mol. The van der Waals surface area contributed by atoms with Crippen molar-refractivity contribution in [2.45, 2.75) is 50.9 Å². The van der Waals surface area contributed by atoms with Crippen molar-refractivity contribution < 1.29 is 14.2 Å². The maximum absolute atomic E-state index is 6.23. The zero-order chi connectivity index (χ0) is 12.3. The van der Waals surface area contributed by atoms with E-state index in [2.05, 4.69) is 0 Å². The third-order valence-electron chi connectivity index (χ3n) is 3.83. The van der Waals surface area contributed by atoms with Gasteiger partial charge in [-0.3, -0.25) is 0 Å². The van der Waals surface area contributed by atoms with Gasteiger partial charge in [0.1, 0.15) is 0 Å². The van der Waals surface area contributed by atoms with Crippen molar-refractivity contribution in [2.75, 3.05) is 26.4 Å². The van der Waals surface area contributed by atoms with Crippen LogP contribution in [0.5, 0.6) is 0 Å². The lowest BCUT2D eigenvalue weighted by Gasteiger charge is -2.39.